The van der Waals surface area contributed by atoms with Gasteiger partial charge in [0.05, 0.1) is 12.7 Å². The van der Waals surface area contributed by atoms with E-state index >= 15 is 0 Å². The lowest BCUT2D eigenvalue weighted by molar-refractivity contribution is 0.0696. The molecule has 0 aliphatic carbocycles. The Hall–Kier alpha value is -1.86. The number of aromatic carboxylic acids is 1. The Kier molecular flexibility index (Phi) is 5.29. The van der Waals surface area contributed by atoms with E-state index in [-0.39, 0.29) is 22.3 Å². The minimum Gasteiger partial charge on any atom is -0.495 e. The Bertz CT molecular complexity index is 609. The number of nitrogens with one attached hydrogen (secondary N) is 1. The van der Waals surface area contributed by atoms with Gasteiger partial charge in [-0.25, -0.2) is 17.9 Å². The lowest BCUT2D eigenvalue weighted by Crippen LogP contribution is -2.32. The molecule has 110 valence electrons. The van der Waals surface area contributed by atoms with Crippen molar-refractivity contribution in [1.82, 2.24) is 4.72 Å². The van der Waals surface area contributed by atoms with Gasteiger partial charge < -0.3 is 9.84 Å². The van der Waals surface area contributed by atoms with E-state index in [4.69, 9.17) is 9.84 Å². The summed E-state index contributed by atoms with van der Waals surface area (Å²) in [4.78, 5) is 10.7. The molecule has 0 aromatic heterocycles. The number of benzene rings is 1. The second-order valence-corrected chi connectivity index (χ2v) is 5.90. The average Bonchev–Trinajstić information content (AvgIpc) is 2.37. The van der Waals surface area contributed by atoms with E-state index in [0.29, 0.717) is 6.42 Å². The molecule has 0 saturated carbocycles. The van der Waals surface area contributed by atoms with Gasteiger partial charge in [0.15, 0.2) is 0 Å². The first-order valence-corrected chi connectivity index (χ1v) is 7.34. The summed E-state index contributed by atoms with van der Waals surface area (Å²) in [7, 11) is -2.55. The average molecular weight is 299 g/mol. The third kappa shape index (κ3) is 3.82. The van der Waals surface area contributed by atoms with Crippen molar-refractivity contribution in [2.75, 3.05) is 7.11 Å². The quantitative estimate of drug-likeness (QED) is 0.747. The number of sulfonamides is 1. The highest BCUT2D eigenvalue weighted by Gasteiger charge is 2.23. The van der Waals surface area contributed by atoms with Crippen molar-refractivity contribution in [2.45, 2.75) is 24.3 Å². The summed E-state index contributed by atoms with van der Waals surface area (Å²) in [5.41, 5.74) is -0.123. The second-order valence-electron chi connectivity index (χ2n) is 4.22. The van der Waals surface area contributed by atoms with Crippen LogP contribution < -0.4 is 9.46 Å². The van der Waals surface area contributed by atoms with Crippen LogP contribution in [0.4, 0.5) is 0 Å². The van der Waals surface area contributed by atoms with Crippen LogP contribution in [0.3, 0.4) is 0 Å². The Morgan fingerprint density at radius 2 is 2.20 bits per heavy atom. The van der Waals surface area contributed by atoms with Crippen LogP contribution in [0.1, 0.15) is 23.7 Å². The molecule has 1 aromatic rings. The van der Waals surface area contributed by atoms with Crippen LogP contribution in [0.5, 0.6) is 5.75 Å². The molecule has 0 fully saturated rings. The number of carbonyl (C=O) groups is 1. The zero-order valence-electron chi connectivity index (χ0n) is 11.3. The minimum atomic E-state index is -3.87. The zero-order chi connectivity index (χ0) is 15.3. The van der Waals surface area contributed by atoms with Crippen molar-refractivity contribution in [3.63, 3.8) is 0 Å². The molecule has 6 nitrogen and oxygen atoms in total. The molecule has 0 amide bonds. The number of rotatable bonds is 7. The van der Waals surface area contributed by atoms with E-state index in [1.54, 1.807) is 13.0 Å². The predicted octanol–water partition coefficient (Wildman–Crippen LogP) is 1.64. The number of ether oxygens (including phenoxy) is 1. The largest absolute Gasteiger partial charge is 0.495 e. The fourth-order valence-electron chi connectivity index (χ4n) is 1.65. The Labute approximate surface area is 118 Å². The highest BCUT2D eigenvalue weighted by atomic mass is 32.2. The van der Waals surface area contributed by atoms with E-state index in [1.165, 1.54) is 19.2 Å². The lowest BCUT2D eigenvalue weighted by Gasteiger charge is -2.15. The first-order valence-electron chi connectivity index (χ1n) is 5.86. The SMILES string of the molecule is C=CCC(C)NS(=O)(=O)c1cc(C(=O)O)ccc1OC. The predicted molar refractivity (Wildman–Crippen MR) is 74.6 cm³/mol. The van der Waals surface area contributed by atoms with E-state index < -0.39 is 16.0 Å². The van der Waals surface area contributed by atoms with Crippen molar-refractivity contribution in [3.8, 4) is 5.75 Å². The Morgan fingerprint density at radius 1 is 1.55 bits per heavy atom. The summed E-state index contributed by atoms with van der Waals surface area (Å²) in [6.45, 7) is 5.22. The molecule has 20 heavy (non-hydrogen) atoms. The molecule has 0 aliphatic heterocycles. The van der Waals surface area contributed by atoms with Crippen LogP contribution >= 0.6 is 0 Å². The van der Waals surface area contributed by atoms with Gasteiger partial charge in [0.1, 0.15) is 10.6 Å². The van der Waals surface area contributed by atoms with Gasteiger partial charge in [-0.1, -0.05) is 6.08 Å². The minimum absolute atomic E-state index is 0.0910. The second kappa shape index (κ2) is 6.53. The van der Waals surface area contributed by atoms with Crippen LogP contribution in [0.15, 0.2) is 35.7 Å². The Balaban J connectivity index is 3.24. The number of methoxy groups -OCH3 is 1. The molecule has 1 atom stereocenters. The standard InChI is InChI=1S/C13H17NO5S/c1-4-5-9(2)14-20(17,18)12-8-10(13(15)16)6-7-11(12)19-3/h4,6-9,14H,1,5H2,2-3H3,(H,15,16). The van der Waals surface area contributed by atoms with Gasteiger partial charge in [-0.2, -0.15) is 0 Å². The summed E-state index contributed by atoms with van der Waals surface area (Å²) in [5.74, 6) is -1.11. The highest BCUT2D eigenvalue weighted by Crippen LogP contribution is 2.25. The summed E-state index contributed by atoms with van der Waals surface area (Å²) < 4.78 is 31.9. The highest BCUT2D eigenvalue weighted by molar-refractivity contribution is 7.89. The topological polar surface area (TPSA) is 92.7 Å². The maximum absolute atomic E-state index is 12.3. The van der Waals surface area contributed by atoms with E-state index in [1.807, 2.05) is 0 Å². The first kappa shape index (κ1) is 16.2. The normalized spacial score (nSPS) is 12.7. The van der Waals surface area contributed by atoms with Crippen molar-refractivity contribution < 1.29 is 23.1 Å². The summed E-state index contributed by atoms with van der Waals surface area (Å²) in [6.07, 6.45) is 2.05. The molecular weight excluding hydrogens is 282 g/mol. The zero-order valence-corrected chi connectivity index (χ0v) is 12.1. The van der Waals surface area contributed by atoms with Crippen LogP contribution in [-0.2, 0) is 10.0 Å². The fourth-order valence-corrected chi connectivity index (χ4v) is 3.10. The molecular formula is C13H17NO5S. The fraction of sp³-hybridized carbons (Fsp3) is 0.308. The van der Waals surface area contributed by atoms with Gasteiger partial charge in [0, 0.05) is 6.04 Å². The summed E-state index contributed by atoms with van der Waals surface area (Å²) in [5, 5.41) is 8.94. The van der Waals surface area contributed by atoms with E-state index in [9.17, 15) is 13.2 Å². The molecule has 0 bridgehead atoms. The number of hydrogen-bond donors (Lipinski definition) is 2. The molecule has 7 heteroatoms. The number of carboxylic acids is 1. The molecule has 1 unspecified atom stereocenters. The van der Waals surface area contributed by atoms with Gasteiger partial charge in [0.2, 0.25) is 10.0 Å². The van der Waals surface area contributed by atoms with Gasteiger partial charge in [-0.15, -0.1) is 6.58 Å². The van der Waals surface area contributed by atoms with E-state index in [2.05, 4.69) is 11.3 Å². The molecule has 1 aromatic carbocycles. The van der Waals surface area contributed by atoms with Crippen molar-refractivity contribution in [2.24, 2.45) is 0 Å². The Morgan fingerprint density at radius 3 is 2.70 bits per heavy atom. The molecule has 2 N–H and O–H groups in total. The third-order valence-electron chi connectivity index (χ3n) is 2.58. The van der Waals surface area contributed by atoms with Gasteiger partial charge in [-0.3, -0.25) is 0 Å². The maximum atomic E-state index is 12.3. The number of hydrogen-bond acceptors (Lipinski definition) is 4. The lowest BCUT2D eigenvalue weighted by atomic mass is 10.2. The molecule has 0 heterocycles. The monoisotopic (exact) mass is 299 g/mol. The van der Waals surface area contributed by atoms with Gasteiger partial charge >= 0.3 is 5.97 Å². The maximum Gasteiger partial charge on any atom is 0.335 e. The summed E-state index contributed by atoms with van der Waals surface area (Å²) in [6, 6.07) is 3.32. The summed E-state index contributed by atoms with van der Waals surface area (Å²) >= 11 is 0. The molecule has 0 spiro atoms. The van der Waals surface area contributed by atoms with Crippen molar-refractivity contribution >= 4 is 16.0 Å². The van der Waals surface area contributed by atoms with Crippen LogP contribution in [0, 0.1) is 0 Å². The molecule has 1 rings (SSSR count). The van der Waals surface area contributed by atoms with Gasteiger partial charge in [-0.05, 0) is 31.5 Å². The van der Waals surface area contributed by atoms with Crippen LogP contribution in [0.25, 0.3) is 0 Å². The molecule has 0 saturated heterocycles. The smallest absolute Gasteiger partial charge is 0.335 e. The molecule has 0 radical (unpaired) electrons. The van der Waals surface area contributed by atoms with Crippen molar-refractivity contribution in [1.29, 1.82) is 0 Å². The molecule has 0 aliphatic rings. The first-order chi connectivity index (χ1) is 9.31. The van der Waals surface area contributed by atoms with Crippen LogP contribution in [-0.4, -0.2) is 32.6 Å². The van der Waals surface area contributed by atoms with Gasteiger partial charge in [0.25, 0.3) is 0 Å². The van der Waals surface area contributed by atoms with Crippen LogP contribution in [0.2, 0.25) is 0 Å². The number of carboxylic acid groups (broad SMARTS) is 1. The third-order valence-corrected chi connectivity index (χ3v) is 4.19. The van der Waals surface area contributed by atoms with Crippen molar-refractivity contribution in [3.05, 3.63) is 36.4 Å². The van der Waals surface area contributed by atoms with E-state index in [0.717, 1.165) is 6.07 Å².